The molecule has 0 aliphatic carbocycles. The lowest BCUT2D eigenvalue weighted by molar-refractivity contribution is 0.217. The van der Waals surface area contributed by atoms with Gasteiger partial charge in [0.2, 0.25) is 0 Å². The summed E-state index contributed by atoms with van der Waals surface area (Å²) in [5, 5.41) is 3.97. The van der Waals surface area contributed by atoms with E-state index in [2.05, 4.69) is 5.32 Å². The van der Waals surface area contributed by atoms with Gasteiger partial charge in [-0.25, -0.2) is 0 Å². The smallest absolute Gasteiger partial charge is 0.138 e. The number of ether oxygens (including phenoxy) is 3. The minimum atomic E-state index is -0.0223. The van der Waals surface area contributed by atoms with Gasteiger partial charge in [-0.05, 0) is 55.5 Å². The zero-order valence-electron chi connectivity index (χ0n) is 15.8. The maximum atomic E-state index is 6.12. The van der Waals surface area contributed by atoms with E-state index < -0.39 is 0 Å². The fraction of sp³-hybridized carbons (Fsp3) is 0.217. The molecule has 1 N–H and O–H groups in total. The molecular formula is C23H24ClNO3. The number of rotatable bonds is 10. The predicted molar refractivity (Wildman–Crippen MR) is 114 cm³/mol. The van der Waals surface area contributed by atoms with Crippen molar-refractivity contribution in [2.45, 2.75) is 13.0 Å². The first-order valence-corrected chi connectivity index (χ1v) is 9.64. The van der Waals surface area contributed by atoms with E-state index in [9.17, 15) is 0 Å². The van der Waals surface area contributed by atoms with E-state index in [1.807, 2.05) is 85.8 Å². The third-order valence-corrected chi connectivity index (χ3v) is 4.29. The van der Waals surface area contributed by atoms with Crippen LogP contribution in [0.3, 0.4) is 0 Å². The minimum Gasteiger partial charge on any atom is -0.490 e. The maximum Gasteiger partial charge on any atom is 0.138 e. The first kappa shape index (κ1) is 19.9. The highest BCUT2D eigenvalue weighted by Gasteiger charge is 2.07. The highest BCUT2D eigenvalue weighted by Crippen LogP contribution is 2.24. The van der Waals surface area contributed by atoms with Crippen LogP contribution in [-0.4, -0.2) is 25.9 Å². The van der Waals surface area contributed by atoms with E-state index in [0.717, 1.165) is 17.2 Å². The second kappa shape index (κ2) is 10.5. The van der Waals surface area contributed by atoms with Crippen molar-refractivity contribution < 1.29 is 14.2 Å². The fourth-order valence-electron chi connectivity index (χ4n) is 2.57. The van der Waals surface area contributed by atoms with Crippen LogP contribution in [0.1, 0.15) is 6.92 Å². The lowest BCUT2D eigenvalue weighted by Gasteiger charge is -2.17. The maximum absolute atomic E-state index is 6.12. The van der Waals surface area contributed by atoms with Crippen LogP contribution >= 0.6 is 11.6 Å². The van der Waals surface area contributed by atoms with Crippen LogP contribution in [0, 0.1) is 0 Å². The van der Waals surface area contributed by atoms with E-state index in [1.54, 1.807) is 0 Å². The van der Waals surface area contributed by atoms with Crippen LogP contribution < -0.4 is 19.5 Å². The van der Waals surface area contributed by atoms with Crippen LogP contribution in [-0.2, 0) is 0 Å². The van der Waals surface area contributed by atoms with Gasteiger partial charge in [0.15, 0.2) is 0 Å². The van der Waals surface area contributed by atoms with Crippen LogP contribution in [0.5, 0.6) is 17.2 Å². The van der Waals surface area contributed by atoms with Crippen molar-refractivity contribution in [3.8, 4) is 17.2 Å². The molecular weight excluding hydrogens is 374 g/mol. The summed E-state index contributed by atoms with van der Waals surface area (Å²) in [7, 11) is 0. The Morgan fingerprint density at radius 2 is 1.39 bits per heavy atom. The van der Waals surface area contributed by atoms with Crippen molar-refractivity contribution in [1.29, 1.82) is 0 Å². The normalized spacial score (nSPS) is 11.5. The lowest BCUT2D eigenvalue weighted by Crippen LogP contribution is -2.22. The number of anilines is 1. The number of hydrogen-bond acceptors (Lipinski definition) is 4. The zero-order chi connectivity index (χ0) is 19.6. The summed E-state index contributed by atoms with van der Waals surface area (Å²) >= 11 is 6.12. The fourth-order valence-corrected chi connectivity index (χ4v) is 2.75. The number of nitrogens with one attached hydrogen (secondary N) is 1. The van der Waals surface area contributed by atoms with Gasteiger partial charge < -0.3 is 19.5 Å². The summed E-state index contributed by atoms with van der Waals surface area (Å²) in [6.45, 7) is 3.65. The van der Waals surface area contributed by atoms with Gasteiger partial charge in [0.25, 0.3) is 0 Å². The first-order chi connectivity index (χ1) is 13.7. The van der Waals surface area contributed by atoms with Crippen LogP contribution in [0.15, 0.2) is 78.9 Å². The number of para-hydroxylation sites is 2. The molecule has 0 spiro atoms. The Morgan fingerprint density at radius 1 is 0.786 bits per heavy atom. The Balaban J connectivity index is 1.37. The highest BCUT2D eigenvalue weighted by atomic mass is 35.5. The van der Waals surface area contributed by atoms with Crippen LogP contribution in [0.25, 0.3) is 0 Å². The van der Waals surface area contributed by atoms with Gasteiger partial charge in [0.05, 0.1) is 11.6 Å². The van der Waals surface area contributed by atoms with Crippen LogP contribution in [0.2, 0.25) is 5.02 Å². The lowest BCUT2D eigenvalue weighted by atomic mass is 10.3. The molecule has 3 aromatic carbocycles. The Hall–Kier alpha value is -2.85. The molecule has 0 saturated carbocycles. The molecule has 0 aromatic heterocycles. The molecule has 0 bridgehead atoms. The van der Waals surface area contributed by atoms with E-state index in [-0.39, 0.29) is 6.10 Å². The van der Waals surface area contributed by atoms with Crippen molar-refractivity contribution in [3.05, 3.63) is 83.9 Å². The highest BCUT2D eigenvalue weighted by molar-refractivity contribution is 6.32. The van der Waals surface area contributed by atoms with Crippen molar-refractivity contribution >= 4 is 17.3 Å². The monoisotopic (exact) mass is 397 g/mol. The predicted octanol–water partition coefficient (Wildman–Crippen LogP) is 5.68. The van der Waals surface area contributed by atoms with Gasteiger partial charge in [0.1, 0.15) is 36.6 Å². The van der Waals surface area contributed by atoms with Crippen molar-refractivity contribution in [1.82, 2.24) is 0 Å². The molecule has 1 atom stereocenters. The van der Waals surface area contributed by atoms with Gasteiger partial charge in [-0.1, -0.05) is 41.9 Å². The average molecular weight is 398 g/mol. The molecule has 1 unspecified atom stereocenters. The zero-order valence-corrected chi connectivity index (χ0v) is 16.6. The third kappa shape index (κ3) is 6.39. The summed E-state index contributed by atoms with van der Waals surface area (Å²) in [4.78, 5) is 0. The summed E-state index contributed by atoms with van der Waals surface area (Å²) in [6.07, 6.45) is -0.0223. The number of halogens is 1. The molecule has 0 aliphatic heterocycles. The van der Waals surface area contributed by atoms with Gasteiger partial charge in [-0.15, -0.1) is 0 Å². The summed E-state index contributed by atoms with van der Waals surface area (Å²) in [5.74, 6) is 2.35. The molecule has 0 aliphatic rings. The number of benzene rings is 3. The molecule has 28 heavy (non-hydrogen) atoms. The molecule has 0 amide bonds. The molecule has 0 saturated heterocycles. The minimum absolute atomic E-state index is 0.0223. The largest absolute Gasteiger partial charge is 0.490 e. The van der Waals surface area contributed by atoms with Crippen molar-refractivity contribution in [2.75, 3.05) is 25.1 Å². The first-order valence-electron chi connectivity index (χ1n) is 9.26. The van der Waals surface area contributed by atoms with Gasteiger partial charge >= 0.3 is 0 Å². The second-order valence-corrected chi connectivity index (χ2v) is 6.68. The summed E-state index contributed by atoms with van der Waals surface area (Å²) < 4.78 is 17.2. The molecule has 0 radical (unpaired) electrons. The SMILES string of the molecule is CC(CNc1ccc(OCCOc2ccccc2)cc1)Oc1ccccc1Cl. The molecule has 146 valence electrons. The molecule has 0 heterocycles. The van der Waals surface area contributed by atoms with Gasteiger partial charge in [0, 0.05) is 5.69 Å². The van der Waals surface area contributed by atoms with E-state index in [1.165, 1.54) is 0 Å². The molecule has 3 rings (SSSR count). The Labute approximate surface area is 171 Å². The molecule has 4 nitrogen and oxygen atoms in total. The Kier molecular flexibility index (Phi) is 7.44. The summed E-state index contributed by atoms with van der Waals surface area (Å²) in [6, 6.07) is 25.0. The van der Waals surface area contributed by atoms with E-state index in [4.69, 9.17) is 25.8 Å². The van der Waals surface area contributed by atoms with E-state index in [0.29, 0.717) is 30.5 Å². The third-order valence-electron chi connectivity index (χ3n) is 3.98. The number of hydrogen-bond donors (Lipinski definition) is 1. The molecule has 5 heteroatoms. The molecule has 0 fully saturated rings. The van der Waals surface area contributed by atoms with Gasteiger partial charge in [-0.3, -0.25) is 0 Å². The quantitative estimate of drug-likeness (QED) is 0.447. The Bertz CT molecular complexity index is 840. The van der Waals surface area contributed by atoms with Crippen molar-refractivity contribution in [3.63, 3.8) is 0 Å². The second-order valence-electron chi connectivity index (χ2n) is 6.27. The van der Waals surface area contributed by atoms with Crippen molar-refractivity contribution in [2.24, 2.45) is 0 Å². The van der Waals surface area contributed by atoms with E-state index >= 15 is 0 Å². The standard InChI is InChI=1S/C23H24ClNO3/c1-18(28-23-10-6-5-9-22(23)24)17-25-19-11-13-21(14-12-19)27-16-15-26-20-7-3-2-4-8-20/h2-14,18,25H,15-17H2,1H3. The topological polar surface area (TPSA) is 39.7 Å². The van der Waals surface area contributed by atoms with Crippen LogP contribution in [0.4, 0.5) is 5.69 Å². The summed E-state index contributed by atoms with van der Waals surface area (Å²) in [5.41, 5.74) is 1.00. The molecule has 3 aromatic rings. The Morgan fingerprint density at radius 3 is 2.07 bits per heavy atom. The average Bonchev–Trinajstić information content (AvgIpc) is 2.73. The van der Waals surface area contributed by atoms with Gasteiger partial charge in [-0.2, -0.15) is 0 Å².